The summed E-state index contributed by atoms with van der Waals surface area (Å²) >= 11 is 0. The molecule has 4 heteroatoms. The van der Waals surface area contributed by atoms with Crippen LogP contribution >= 0.6 is 24.0 Å². The Morgan fingerprint density at radius 3 is 1.94 bits per heavy atom. The molecule has 0 aromatic rings. The van der Waals surface area contributed by atoms with Gasteiger partial charge in [-0.3, -0.25) is 4.99 Å². The molecule has 0 atom stereocenters. The van der Waals surface area contributed by atoms with Crippen LogP contribution < -0.4 is 10.6 Å². The molecule has 0 aromatic heterocycles. The van der Waals surface area contributed by atoms with Crippen LogP contribution in [0.15, 0.2) is 4.99 Å². The first-order valence-electron chi connectivity index (χ1n) is 6.73. The van der Waals surface area contributed by atoms with E-state index >= 15 is 0 Å². The average Bonchev–Trinajstić information content (AvgIpc) is 2.32. The Balaban J connectivity index is 0. The number of hydrogen-bond acceptors (Lipinski definition) is 1. The highest BCUT2D eigenvalue weighted by atomic mass is 127. The fourth-order valence-electron chi connectivity index (χ4n) is 1.74. The summed E-state index contributed by atoms with van der Waals surface area (Å²) in [5, 5.41) is 6.29. The molecular weight excluding hydrogens is 325 g/mol. The molecule has 17 heavy (non-hydrogen) atoms. The summed E-state index contributed by atoms with van der Waals surface area (Å²) in [6.07, 6.45) is 10.9. The largest absolute Gasteiger partial charge is 0.359 e. The summed E-state index contributed by atoms with van der Waals surface area (Å²) in [7, 11) is 3.69. The molecule has 0 aliphatic carbocycles. The lowest BCUT2D eigenvalue weighted by Gasteiger charge is -2.07. The molecule has 0 amide bonds. The molecule has 0 spiro atoms. The molecule has 0 saturated carbocycles. The van der Waals surface area contributed by atoms with Crippen LogP contribution in [0.2, 0.25) is 0 Å². The zero-order chi connectivity index (χ0) is 12.1. The quantitative estimate of drug-likeness (QED) is 0.287. The molecular formula is C13H30IN3. The van der Waals surface area contributed by atoms with E-state index in [1.54, 1.807) is 7.05 Å². The predicted molar refractivity (Wildman–Crippen MR) is 88.4 cm³/mol. The molecule has 0 saturated heterocycles. The molecule has 0 fully saturated rings. The van der Waals surface area contributed by atoms with Crippen LogP contribution in [0.5, 0.6) is 0 Å². The van der Waals surface area contributed by atoms with Crippen molar-refractivity contribution in [2.24, 2.45) is 4.99 Å². The molecule has 0 aliphatic rings. The van der Waals surface area contributed by atoms with E-state index in [-0.39, 0.29) is 24.0 Å². The second-order valence-corrected chi connectivity index (χ2v) is 4.22. The van der Waals surface area contributed by atoms with Crippen molar-refractivity contribution in [1.82, 2.24) is 10.6 Å². The smallest absolute Gasteiger partial charge is 0.190 e. The van der Waals surface area contributed by atoms with Crippen molar-refractivity contribution in [2.45, 2.75) is 58.3 Å². The third-order valence-corrected chi connectivity index (χ3v) is 2.78. The second-order valence-electron chi connectivity index (χ2n) is 4.22. The van der Waals surface area contributed by atoms with E-state index in [1.807, 2.05) is 7.05 Å². The van der Waals surface area contributed by atoms with Crippen molar-refractivity contribution in [2.75, 3.05) is 20.6 Å². The third-order valence-electron chi connectivity index (χ3n) is 2.78. The SMILES string of the molecule is CCCCCCCCCCNC(=NC)NC.I. The van der Waals surface area contributed by atoms with Crippen LogP contribution in [0.25, 0.3) is 0 Å². The van der Waals surface area contributed by atoms with Crippen molar-refractivity contribution < 1.29 is 0 Å². The van der Waals surface area contributed by atoms with Crippen LogP contribution in [0.4, 0.5) is 0 Å². The minimum Gasteiger partial charge on any atom is -0.359 e. The van der Waals surface area contributed by atoms with Gasteiger partial charge in [-0.25, -0.2) is 0 Å². The molecule has 0 rings (SSSR count). The highest BCUT2D eigenvalue weighted by Crippen LogP contribution is 2.07. The van der Waals surface area contributed by atoms with Crippen molar-refractivity contribution in [3.05, 3.63) is 0 Å². The lowest BCUT2D eigenvalue weighted by molar-refractivity contribution is 0.572. The fourth-order valence-corrected chi connectivity index (χ4v) is 1.74. The predicted octanol–water partition coefficient (Wildman–Crippen LogP) is 3.54. The molecule has 0 bridgehead atoms. The van der Waals surface area contributed by atoms with Gasteiger partial charge in [-0.2, -0.15) is 0 Å². The van der Waals surface area contributed by atoms with Gasteiger partial charge in [0.15, 0.2) is 5.96 Å². The van der Waals surface area contributed by atoms with Gasteiger partial charge >= 0.3 is 0 Å². The Labute approximate surface area is 124 Å². The monoisotopic (exact) mass is 355 g/mol. The first kappa shape index (κ1) is 19.3. The number of nitrogens with zero attached hydrogens (tertiary/aromatic N) is 1. The fraction of sp³-hybridized carbons (Fsp3) is 0.923. The summed E-state index contributed by atoms with van der Waals surface area (Å²) in [4.78, 5) is 4.07. The molecule has 0 aromatic carbocycles. The maximum atomic E-state index is 4.07. The van der Waals surface area contributed by atoms with E-state index in [0.717, 1.165) is 12.5 Å². The molecule has 0 unspecified atom stereocenters. The van der Waals surface area contributed by atoms with Gasteiger partial charge in [-0.15, -0.1) is 24.0 Å². The molecule has 0 aliphatic heterocycles. The van der Waals surface area contributed by atoms with E-state index in [0.29, 0.717) is 0 Å². The van der Waals surface area contributed by atoms with Gasteiger partial charge in [0.25, 0.3) is 0 Å². The van der Waals surface area contributed by atoms with Gasteiger partial charge in [0, 0.05) is 20.6 Å². The molecule has 0 heterocycles. The Hall–Kier alpha value is 0. The van der Waals surface area contributed by atoms with E-state index in [2.05, 4.69) is 22.5 Å². The molecule has 104 valence electrons. The van der Waals surface area contributed by atoms with Crippen LogP contribution in [-0.4, -0.2) is 26.6 Å². The van der Waals surface area contributed by atoms with Crippen LogP contribution in [0.3, 0.4) is 0 Å². The van der Waals surface area contributed by atoms with E-state index in [1.165, 1.54) is 51.4 Å². The first-order valence-corrected chi connectivity index (χ1v) is 6.73. The van der Waals surface area contributed by atoms with E-state index in [4.69, 9.17) is 0 Å². The van der Waals surface area contributed by atoms with Crippen molar-refractivity contribution in [3.63, 3.8) is 0 Å². The lowest BCUT2D eigenvalue weighted by Crippen LogP contribution is -2.35. The molecule has 2 N–H and O–H groups in total. The Bertz CT molecular complexity index is 172. The highest BCUT2D eigenvalue weighted by molar-refractivity contribution is 14.0. The maximum Gasteiger partial charge on any atom is 0.190 e. The first-order chi connectivity index (χ1) is 7.85. The Morgan fingerprint density at radius 1 is 0.941 bits per heavy atom. The average molecular weight is 355 g/mol. The molecule has 3 nitrogen and oxygen atoms in total. The molecule has 0 radical (unpaired) electrons. The summed E-state index contributed by atoms with van der Waals surface area (Å²) in [5.74, 6) is 0.892. The van der Waals surface area contributed by atoms with E-state index in [9.17, 15) is 0 Å². The Kier molecular flexibility index (Phi) is 18.2. The van der Waals surface area contributed by atoms with Crippen LogP contribution in [0, 0.1) is 0 Å². The zero-order valence-electron chi connectivity index (χ0n) is 11.7. The summed E-state index contributed by atoms with van der Waals surface area (Å²) in [6.45, 7) is 3.29. The minimum absolute atomic E-state index is 0. The summed E-state index contributed by atoms with van der Waals surface area (Å²) in [6, 6.07) is 0. The second kappa shape index (κ2) is 16.0. The highest BCUT2D eigenvalue weighted by Gasteiger charge is 1.93. The summed E-state index contributed by atoms with van der Waals surface area (Å²) < 4.78 is 0. The Morgan fingerprint density at radius 2 is 1.47 bits per heavy atom. The third kappa shape index (κ3) is 13.9. The van der Waals surface area contributed by atoms with Gasteiger partial charge in [-0.05, 0) is 6.42 Å². The van der Waals surface area contributed by atoms with Gasteiger partial charge < -0.3 is 10.6 Å². The number of halogens is 1. The minimum atomic E-state index is 0. The van der Waals surface area contributed by atoms with Crippen LogP contribution in [-0.2, 0) is 0 Å². The number of guanidine groups is 1. The van der Waals surface area contributed by atoms with Crippen LogP contribution in [0.1, 0.15) is 58.3 Å². The van der Waals surface area contributed by atoms with E-state index < -0.39 is 0 Å². The lowest BCUT2D eigenvalue weighted by atomic mass is 10.1. The van der Waals surface area contributed by atoms with Crippen molar-refractivity contribution >= 4 is 29.9 Å². The van der Waals surface area contributed by atoms with Gasteiger partial charge in [-0.1, -0.05) is 51.9 Å². The zero-order valence-corrected chi connectivity index (χ0v) is 14.0. The number of hydrogen-bond donors (Lipinski definition) is 2. The standard InChI is InChI=1S/C13H29N3.HI/c1-4-5-6-7-8-9-10-11-12-16-13(14-2)15-3;/h4-12H2,1-3H3,(H2,14,15,16);1H. The summed E-state index contributed by atoms with van der Waals surface area (Å²) in [5.41, 5.74) is 0. The topological polar surface area (TPSA) is 36.4 Å². The number of unbranched alkanes of at least 4 members (excludes halogenated alkanes) is 7. The number of rotatable bonds is 9. The van der Waals surface area contributed by atoms with Gasteiger partial charge in [0.2, 0.25) is 0 Å². The van der Waals surface area contributed by atoms with Gasteiger partial charge in [0.1, 0.15) is 0 Å². The normalized spacial score (nSPS) is 10.9. The number of aliphatic imine (C=N–C) groups is 1. The number of nitrogens with one attached hydrogen (secondary N) is 2. The van der Waals surface area contributed by atoms with Gasteiger partial charge in [0.05, 0.1) is 0 Å². The maximum absolute atomic E-state index is 4.07. The van der Waals surface area contributed by atoms with Crippen molar-refractivity contribution in [3.8, 4) is 0 Å². The van der Waals surface area contributed by atoms with Crippen molar-refractivity contribution in [1.29, 1.82) is 0 Å².